The van der Waals surface area contributed by atoms with Crippen molar-refractivity contribution in [1.82, 2.24) is 5.32 Å². The lowest BCUT2D eigenvalue weighted by molar-refractivity contribution is 0.0950. The lowest BCUT2D eigenvalue weighted by atomic mass is 10.1. The molecule has 0 spiro atoms. The zero-order valence-corrected chi connectivity index (χ0v) is 18.1. The number of carbonyl (C=O) groups is 1. The zero-order valence-electron chi connectivity index (χ0n) is 17.3. The quantitative estimate of drug-likeness (QED) is 0.568. The minimum absolute atomic E-state index is 0.0525. The number of nitrogens with one attached hydrogen (secondary N) is 2. The van der Waals surface area contributed by atoms with Crippen LogP contribution in [0.2, 0.25) is 0 Å². The average molecular weight is 455 g/mol. The van der Waals surface area contributed by atoms with Crippen LogP contribution in [0.3, 0.4) is 0 Å². The first-order valence-electron chi connectivity index (χ1n) is 9.88. The Balaban J connectivity index is 1.38. The van der Waals surface area contributed by atoms with Gasteiger partial charge in [-0.2, -0.15) is 0 Å². The van der Waals surface area contributed by atoms with E-state index in [2.05, 4.69) is 10.0 Å². The van der Waals surface area contributed by atoms with Gasteiger partial charge in [0.2, 0.25) is 0 Å². The first kappa shape index (κ1) is 21.5. The van der Waals surface area contributed by atoms with Crippen LogP contribution >= 0.6 is 0 Å². The highest BCUT2D eigenvalue weighted by Crippen LogP contribution is 2.30. The molecule has 0 saturated carbocycles. The fourth-order valence-electron chi connectivity index (χ4n) is 3.14. The van der Waals surface area contributed by atoms with Crippen LogP contribution in [0.1, 0.15) is 15.9 Å². The normalized spacial score (nSPS) is 12.7. The van der Waals surface area contributed by atoms with Crippen LogP contribution in [-0.2, 0) is 16.6 Å². The van der Waals surface area contributed by atoms with Gasteiger partial charge in [0.25, 0.3) is 15.9 Å². The largest absolute Gasteiger partial charge is 0.497 e. The smallest absolute Gasteiger partial charge is 0.261 e. The summed E-state index contributed by atoms with van der Waals surface area (Å²) in [4.78, 5) is 12.5. The Bertz CT molecular complexity index is 1210. The summed E-state index contributed by atoms with van der Waals surface area (Å²) in [6.07, 6.45) is 0. The first-order chi connectivity index (χ1) is 15.4. The Morgan fingerprint density at radius 3 is 2.31 bits per heavy atom. The number of benzene rings is 3. The topological polar surface area (TPSA) is 103 Å². The van der Waals surface area contributed by atoms with Crippen molar-refractivity contribution >= 4 is 21.6 Å². The standard InChI is InChI=1S/C23H22N2O6S/c1-29-19-7-5-18(6-8-19)25-32(27,28)20-9-3-17(4-10-20)23(26)24-15-16-2-11-21-22(14-16)31-13-12-30-21/h2-11,14,25H,12-13,15H2,1H3,(H,24,26). The molecule has 32 heavy (non-hydrogen) atoms. The molecule has 0 aromatic heterocycles. The van der Waals surface area contributed by atoms with E-state index in [1.165, 1.54) is 31.4 Å². The van der Waals surface area contributed by atoms with Crippen LogP contribution in [0, 0.1) is 0 Å². The molecule has 0 bridgehead atoms. The molecule has 2 N–H and O–H groups in total. The molecule has 1 aliphatic heterocycles. The van der Waals surface area contributed by atoms with Gasteiger partial charge in [-0.1, -0.05) is 6.07 Å². The number of ether oxygens (including phenoxy) is 3. The van der Waals surface area contributed by atoms with E-state index in [0.29, 0.717) is 48.3 Å². The third kappa shape index (κ3) is 4.94. The molecule has 0 radical (unpaired) electrons. The highest BCUT2D eigenvalue weighted by Gasteiger charge is 2.16. The third-order valence-corrected chi connectivity index (χ3v) is 6.23. The molecule has 9 heteroatoms. The molecule has 0 aliphatic carbocycles. The molecule has 1 heterocycles. The number of sulfonamides is 1. The Hall–Kier alpha value is -3.72. The number of methoxy groups -OCH3 is 1. The Morgan fingerprint density at radius 1 is 0.938 bits per heavy atom. The summed E-state index contributed by atoms with van der Waals surface area (Å²) in [5.41, 5.74) is 1.63. The molecular formula is C23H22N2O6S. The van der Waals surface area contributed by atoms with Crippen LogP contribution < -0.4 is 24.2 Å². The van der Waals surface area contributed by atoms with Gasteiger partial charge < -0.3 is 19.5 Å². The number of amides is 1. The van der Waals surface area contributed by atoms with Crippen LogP contribution in [-0.4, -0.2) is 34.6 Å². The van der Waals surface area contributed by atoms with Crippen molar-refractivity contribution in [2.45, 2.75) is 11.4 Å². The predicted octanol–water partition coefficient (Wildman–Crippen LogP) is 3.20. The molecule has 1 aliphatic rings. The Kier molecular flexibility index (Phi) is 6.18. The Morgan fingerprint density at radius 2 is 1.62 bits per heavy atom. The van der Waals surface area contributed by atoms with Crippen molar-refractivity contribution in [3.05, 3.63) is 77.9 Å². The highest BCUT2D eigenvalue weighted by atomic mass is 32.2. The van der Waals surface area contributed by atoms with Crippen LogP contribution in [0.25, 0.3) is 0 Å². The van der Waals surface area contributed by atoms with Crippen LogP contribution in [0.4, 0.5) is 5.69 Å². The predicted molar refractivity (Wildman–Crippen MR) is 119 cm³/mol. The van der Waals surface area contributed by atoms with Crippen LogP contribution in [0.15, 0.2) is 71.6 Å². The summed E-state index contributed by atoms with van der Waals surface area (Å²) >= 11 is 0. The minimum atomic E-state index is -3.79. The van der Waals surface area contributed by atoms with Crippen molar-refractivity contribution in [2.75, 3.05) is 25.0 Å². The van der Waals surface area contributed by atoms with Gasteiger partial charge in [-0.3, -0.25) is 9.52 Å². The summed E-state index contributed by atoms with van der Waals surface area (Å²) in [6.45, 7) is 1.31. The van der Waals surface area contributed by atoms with Gasteiger partial charge in [0, 0.05) is 17.8 Å². The van der Waals surface area contributed by atoms with Crippen molar-refractivity contribution < 1.29 is 27.4 Å². The fourth-order valence-corrected chi connectivity index (χ4v) is 4.20. The minimum Gasteiger partial charge on any atom is -0.497 e. The molecule has 3 aromatic rings. The van der Waals surface area contributed by atoms with E-state index in [4.69, 9.17) is 14.2 Å². The maximum Gasteiger partial charge on any atom is 0.261 e. The van der Waals surface area contributed by atoms with E-state index in [9.17, 15) is 13.2 Å². The summed E-state index contributed by atoms with van der Waals surface area (Å²) in [5.74, 6) is 1.65. The van der Waals surface area contributed by atoms with Gasteiger partial charge in [0.1, 0.15) is 19.0 Å². The first-order valence-corrected chi connectivity index (χ1v) is 11.4. The van der Waals surface area contributed by atoms with Gasteiger partial charge in [0.15, 0.2) is 11.5 Å². The second-order valence-electron chi connectivity index (χ2n) is 7.02. The van der Waals surface area contributed by atoms with Crippen molar-refractivity contribution in [3.8, 4) is 17.2 Å². The second kappa shape index (κ2) is 9.19. The highest BCUT2D eigenvalue weighted by molar-refractivity contribution is 7.92. The van der Waals surface area contributed by atoms with E-state index in [1.807, 2.05) is 18.2 Å². The van der Waals surface area contributed by atoms with E-state index in [-0.39, 0.29) is 10.8 Å². The van der Waals surface area contributed by atoms with E-state index < -0.39 is 10.0 Å². The van der Waals surface area contributed by atoms with Crippen molar-refractivity contribution in [1.29, 1.82) is 0 Å². The number of carbonyl (C=O) groups excluding carboxylic acids is 1. The molecule has 0 fully saturated rings. The van der Waals surface area contributed by atoms with E-state index >= 15 is 0 Å². The third-order valence-electron chi connectivity index (χ3n) is 4.83. The summed E-state index contributed by atoms with van der Waals surface area (Å²) in [5, 5.41) is 2.82. The number of rotatable bonds is 7. The number of anilines is 1. The maximum atomic E-state index is 12.6. The molecule has 0 atom stereocenters. The maximum absolute atomic E-state index is 12.6. The van der Waals surface area contributed by atoms with Gasteiger partial charge in [-0.05, 0) is 66.2 Å². The van der Waals surface area contributed by atoms with Crippen molar-refractivity contribution in [3.63, 3.8) is 0 Å². The van der Waals surface area contributed by atoms with Crippen LogP contribution in [0.5, 0.6) is 17.2 Å². The second-order valence-corrected chi connectivity index (χ2v) is 8.70. The average Bonchev–Trinajstić information content (AvgIpc) is 2.82. The summed E-state index contributed by atoms with van der Waals surface area (Å²) in [6, 6.07) is 17.8. The number of fused-ring (bicyclic) bond motifs is 1. The van der Waals surface area contributed by atoms with E-state index in [0.717, 1.165) is 5.56 Å². The lowest BCUT2D eigenvalue weighted by Crippen LogP contribution is -2.23. The monoisotopic (exact) mass is 454 g/mol. The SMILES string of the molecule is COc1ccc(NS(=O)(=O)c2ccc(C(=O)NCc3ccc4c(c3)OCCO4)cc2)cc1. The van der Waals surface area contributed by atoms with Gasteiger partial charge >= 0.3 is 0 Å². The molecule has 166 valence electrons. The fraction of sp³-hybridized carbons (Fsp3) is 0.174. The summed E-state index contributed by atoms with van der Waals surface area (Å²) < 4.78 is 43.8. The number of hydrogen-bond acceptors (Lipinski definition) is 6. The van der Waals surface area contributed by atoms with E-state index in [1.54, 1.807) is 24.3 Å². The summed E-state index contributed by atoms with van der Waals surface area (Å²) in [7, 11) is -2.25. The van der Waals surface area contributed by atoms with Crippen molar-refractivity contribution in [2.24, 2.45) is 0 Å². The number of hydrogen-bond donors (Lipinski definition) is 2. The van der Waals surface area contributed by atoms with Gasteiger partial charge in [-0.15, -0.1) is 0 Å². The molecule has 4 rings (SSSR count). The lowest BCUT2D eigenvalue weighted by Gasteiger charge is -2.19. The molecule has 0 unspecified atom stereocenters. The molecule has 8 nitrogen and oxygen atoms in total. The van der Waals surface area contributed by atoms with Gasteiger partial charge in [0.05, 0.1) is 12.0 Å². The molecule has 1 amide bonds. The van der Waals surface area contributed by atoms with Gasteiger partial charge in [-0.25, -0.2) is 8.42 Å². The zero-order chi connectivity index (χ0) is 22.6. The Labute approximate surface area is 186 Å². The molecule has 3 aromatic carbocycles. The molecular weight excluding hydrogens is 432 g/mol. The molecule has 0 saturated heterocycles.